The maximum Gasteiger partial charge on any atom is 0.242 e. The normalized spacial score (nSPS) is 11.8. The molecule has 4 heteroatoms. The molecule has 0 aliphatic carbocycles. The molecule has 0 aliphatic rings. The van der Waals surface area contributed by atoms with Gasteiger partial charge in [0, 0.05) is 15.1 Å². The molecule has 3 rings (SSSR count). The van der Waals surface area contributed by atoms with Crippen molar-refractivity contribution in [3.63, 3.8) is 0 Å². The smallest absolute Gasteiger partial charge is 0.242 e. The summed E-state index contributed by atoms with van der Waals surface area (Å²) in [7, 11) is 0. The van der Waals surface area contributed by atoms with Crippen molar-refractivity contribution < 1.29 is 4.79 Å². The van der Waals surface area contributed by atoms with Crippen molar-refractivity contribution in [2.45, 2.75) is 17.1 Å². The van der Waals surface area contributed by atoms with Crippen molar-refractivity contribution in [3.05, 3.63) is 94.5 Å². The molecule has 0 heterocycles. The van der Waals surface area contributed by atoms with E-state index in [0.717, 1.165) is 26.2 Å². The Balaban J connectivity index is 1.85. The first-order valence-corrected chi connectivity index (χ1v) is 9.64. The molecule has 126 valence electrons. The summed E-state index contributed by atoms with van der Waals surface area (Å²) in [5.74, 6) is -0.0261. The standard InChI is InChI=1S/C21H18BrNOS/c1-15-14-17(12-13-19(15)22)23-21(24)20(16-8-4-2-5-9-16)25-18-10-6-3-7-11-18/h2-14,20H,1H3,(H,23,24)/t20-/m0/s1. The molecule has 0 saturated heterocycles. The molecule has 0 unspecified atom stereocenters. The Morgan fingerprint density at radius 1 is 0.960 bits per heavy atom. The Labute approximate surface area is 160 Å². The van der Waals surface area contributed by atoms with Crippen LogP contribution in [0.5, 0.6) is 0 Å². The Hall–Kier alpha value is -2.04. The second-order valence-electron chi connectivity index (χ2n) is 5.67. The van der Waals surface area contributed by atoms with Crippen LogP contribution >= 0.6 is 27.7 Å². The topological polar surface area (TPSA) is 29.1 Å². The van der Waals surface area contributed by atoms with Gasteiger partial charge in [-0.05, 0) is 48.4 Å². The average molecular weight is 412 g/mol. The fraction of sp³-hybridized carbons (Fsp3) is 0.0952. The van der Waals surface area contributed by atoms with E-state index in [-0.39, 0.29) is 11.2 Å². The summed E-state index contributed by atoms with van der Waals surface area (Å²) in [5, 5.41) is 2.74. The van der Waals surface area contributed by atoms with Crippen molar-refractivity contribution in [2.24, 2.45) is 0 Å². The number of amides is 1. The maximum atomic E-state index is 13.0. The van der Waals surface area contributed by atoms with Crippen LogP contribution in [-0.4, -0.2) is 5.91 Å². The highest BCUT2D eigenvalue weighted by atomic mass is 79.9. The van der Waals surface area contributed by atoms with Gasteiger partial charge >= 0.3 is 0 Å². The SMILES string of the molecule is Cc1cc(NC(=O)[C@@H](Sc2ccccc2)c2ccccc2)ccc1Br. The molecule has 1 N–H and O–H groups in total. The number of benzene rings is 3. The second kappa shape index (κ2) is 8.37. The zero-order chi connectivity index (χ0) is 17.6. The number of nitrogens with one attached hydrogen (secondary N) is 1. The largest absolute Gasteiger partial charge is 0.325 e. The maximum absolute atomic E-state index is 13.0. The highest BCUT2D eigenvalue weighted by Crippen LogP contribution is 2.36. The summed E-state index contributed by atoms with van der Waals surface area (Å²) in [5.41, 5.74) is 2.88. The van der Waals surface area contributed by atoms with Crippen molar-refractivity contribution in [3.8, 4) is 0 Å². The van der Waals surface area contributed by atoms with Crippen LogP contribution < -0.4 is 5.32 Å². The lowest BCUT2D eigenvalue weighted by Crippen LogP contribution is -2.19. The molecule has 2 nitrogen and oxygen atoms in total. The predicted molar refractivity (Wildman–Crippen MR) is 109 cm³/mol. The van der Waals surface area contributed by atoms with E-state index >= 15 is 0 Å². The zero-order valence-electron chi connectivity index (χ0n) is 13.8. The fourth-order valence-corrected chi connectivity index (χ4v) is 3.76. The van der Waals surface area contributed by atoms with Gasteiger partial charge in [0.1, 0.15) is 5.25 Å². The number of anilines is 1. The van der Waals surface area contributed by atoms with Crippen LogP contribution in [0.1, 0.15) is 16.4 Å². The fourth-order valence-electron chi connectivity index (χ4n) is 2.47. The Kier molecular flexibility index (Phi) is 5.95. The van der Waals surface area contributed by atoms with Crippen LogP contribution in [0.15, 0.2) is 88.2 Å². The molecule has 25 heavy (non-hydrogen) atoms. The molecule has 3 aromatic rings. The van der Waals surface area contributed by atoms with Crippen LogP contribution in [0.2, 0.25) is 0 Å². The molecule has 0 radical (unpaired) electrons. The lowest BCUT2D eigenvalue weighted by Gasteiger charge is -2.17. The number of rotatable bonds is 5. The van der Waals surface area contributed by atoms with Crippen molar-refractivity contribution in [1.29, 1.82) is 0 Å². The molecule has 0 fully saturated rings. The first kappa shape index (κ1) is 17.8. The third-order valence-corrected chi connectivity index (χ3v) is 5.92. The minimum absolute atomic E-state index is 0.0261. The molecule has 1 amide bonds. The monoisotopic (exact) mass is 411 g/mol. The van der Waals surface area contributed by atoms with E-state index in [1.54, 1.807) is 11.8 Å². The van der Waals surface area contributed by atoms with E-state index < -0.39 is 0 Å². The number of carbonyl (C=O) groups excluding carboxylic acids is 1. The van der Waals surface area contributed by atoms with Crippen LogP contribution in [0.25, 0.3) is 0 Å². The van der Waals surface area contributed by atoms with E-state index in [4.69, 9.17) is 0 Å². The number of aryl methyl sites for hydroxylation is 1. The Bertz CT molecular complexity index is 852. The molecule has 0 saturated carbocycles. The Morgan fingerprint density at radius 3 is 2.24 bits per heavy atom. The van der Waals surface area contributed by atoms with E-state index in [1.165, 1.54) is 0 Å². The van der Waals surface area contributed by atoms with Gasteiger partial charge in [0.05, 0.1) is 0 Å². The van der Waals surface area contributed by atoms with Gasteiger partial charge in [-0.15, -0.1) is 11.8 Å². The molecule has 0 aromatic heterocycles. The molecule has 0 aliphatic heterocycles. The second-order valence-corrected chi connectivity index (χ2v) is 7.71. The lowest BCUT2D eigenvalue weighted by atomic mass is 10.1. The summed E-state index contributed by atoms with van der Waals surface area (Å²) in [6, 6.07) is 25.7. The number of hydrogen-bond acceptors (Lipinski definition) is 2. The minimum Gasteiger partial charge on any atom is -0.325 e. The molecular formula is C21H18BrNOS. The van der Waals surface area contributed by atoms with Crippen molar-refractivity contribution in [1.82, 2.24) is 0 Å². The third kappa shape index (κ3) is 4.74. The van der Waals surface area contributed by atoms with Crippen LogP contribution in [0, 0.1) is 6.92 Å². The highest BCUT2D eigenvalue weighted by Gasteiger charge is 2.22. The third-order valence-electron chi connectivity index (χ3n) is 3.76. The quantitative estimate of drug-likeness (QED) is 0.504. The van der Waals surface area contributed by atoms with Gasteiger partial charge in [-0.3, -0.25) is 4.79 Å². The summed E-state index contributed by atoms with van der Waals surface area (Å²) >= 11 is 5.04. The molecule has 0 spiro atoms. The van der Waals surface area contributed by atoms with Gasteiger partial charge in [0.25, 0.3) is 0 Å². The van der Waals surface area contributed by atoms with Gasteiger partial charge in [-0.2, -0.15) is 0 Å². The zero-order valence-corrected chi connectivity index (χ0v) is 16.2. The molecular weight excluding hydrogens is 394 g/mol. The summed E-state index contributed by atoms with van der Waals surface area (Å²) in [6.07, 6.45) is 0. The average Bonchev–Trinajstić information content (AvgIpc) is 2.64. The van der Waals surface area contributed by atoms with Crippen LogP contribution in [0.4, 0.5) is 5.69 Å². The number of carbonyl (C=O) groups is 1. The number of hydrogen-bond donors (Lipinski definition) is 1. The number of halogens is 1. The van der Waals surface area contributed by atoms with E-state index in [2.05, 4.69) is 21.2 Å². The predicted octanol–water partition coefficient (Wildman–Crippen LogP) is 6.23. The summed E-state index contributed by atoms with van der Waals surface area (Å²) in [4.78, 5) is 14.0. The Morgan fingerprint density at radius 2 is 1.60 bits per heavy atom. The van der Waals surface area contributed by atoms with Crippen LogP contribution in [-0.2, 0) is 4.79 Å². The number of thioether (sulfide) groups is 1. The summed E-state index contributed by atoms with van der Waals surface area (Å²) < 4.78 is 1.03. The van der Waals surface area contributed by atoms with Gasteiger partial charge in [0.15, 0.2) is 0 Å². The first-order chi connectivity index (χ1) is 12.1. The van der Waals surface area contributed by atoms with Gasteiger partial charge in [-0.25, -0.2) is 0 Å². The first-order valence-electron chi connectivity index (χ1n) is 7.97. The minimum atomic E-state index is -0.312. The van der Waals surface area contributed by atoms with E-state index in [0.29, 0.717) is 0 Å². The van der Waals surface area contributed by atoms with Gasteiger partial charge in [0.2, 0.25) is 5.91 Å². The lowest BCUT2D eigenvalue weighted by molar-refractivity contribution is -0.115. The van der Waals surface area contributed by atoms with Crippen LogP contribution in [0.3, 0.4) is 0 Å². The van der Waals surface area contributed by atoms with Crippen molar-refractivity contribution >= 4 is 39.3 Å². The molecule has 1 atom stereocenters. The van der Waals surface area contributed by atoms with Gasteiger partial charge in [-0.1, -0.05) is 64.5 Å². The van der Waals surface area contributed by atoms with E-state index in [1.807, 2.05) is 85.8 Å². The van der Waals surface area contributed by atoms with Gasteiger partial charge < -0.3 is 5.32 Å². The van der Waals surface area contributed by atoms with E-state index in [9.17, 15) is 4.79 Å². The molecule has 3 aromatic carbocycles. The highest BCUT2D eigenvalue weighted by molar-refractivity contribution is 9.10. The molecule has 0 bridgehead atoms. The van der Waals surface area contributed by atoms with Crippen molar-refractivity contribution in [2.75, 3.05) is 5.32 Å². The summed E-state index contributed by atoms with van der Waals surface area (Å²) in [6.45, 7) is 2.01.